The van der Waals surface area contributed by atoms with Crippen molar-refractivity contribution in [2.45, 2.75) is 63.3 Å². The molecule has 4 aliphatic heterocycles. The standard InChI is InChI=1S/C34H37N5O12S/c1-18-28-27(19(2)40)31(41)37(28)29(32(42)43)30(18)52-25-13-26(36(15-25)34(45)51-17-21-5-9-24(10-6-21)39(48)49)22-11-12-35(14-22)33(44)50-16-20-3-7-23(8-4-20)38(46)47/h3-10,18-19,22,25-28,40H,11-17H2,1-2H3,(H,42,43)/t18-,19-,22?,25+,26+,27-,28-/m1/s1. The van der Waals surface area contributed by atoms with Gasteiger partial charge in [-0.2, -0.15) is 0 Å². The average molecular weight is 740 g/mol. The summed E-state index contributed by atoms with van der Waals surface area (Å²) in [4.78, 5) is 77.8. The van der Waals surface area contributed by atoms with Crippen molar-refractivity contribution in [3.63, 3.8) is 0 Å². The number of carboxylic acid groups (broad SMARTS) is 1. The molecule has 0 aliphatic carbocycles. The number of β-lactam (4-membered cyclic amide) rings is 1. The molecule has 2 N–H and O–H groups in total. The average Bonchev–Trinajstić information content (AvgIpc) is 3.82. The molecule has 18 heteroatoms. The Hall–Kier alpha value is -5.23. The molecule has 276 valence electrons. The molecule has 2 aromatic carbocycles. The summed E-state index contributed by atoms with van der Waals surface area (Å²) in [6.07, 6.45) is -1.17. The zero-order valence-corrected chi connectivity index (χ0v) is 29.0. The number of fused-ring (bicyclic) bond motifs is 1. The molecular weight excluding hydrogens is 702 g/mol. The van der Waals surface area contributed by atoms with Gasteiger partial charge < -0.3 is 34.4 Å². The Bertz CT molecular complexity index is 1800. The summed E-state index contributed by atoms with van der Waals surface area (Å²) in [5, 5.41) is 42.1. The molecule has 4 heterocycles. The minimum Gasteiger partial charge on any atom is -0.477 e. The fourth-order valence-corrected chi connectivity index (χ4v) is 9.12. The molecule has 6 rings (SSSR count). The topological polar surface area (TPSA) is 223 Å². The number of carbonyl (C=O) groups is 4. The molecular formula is C34H37N5O12S. The highest BCUT2D eigenvalue weighted by Gasteiger charge is 2.60. The number of hydrogen-bond acceptors (Lipinski definition) is 12. The number of non-ortho nitro benzene ring substituents is 2. The van der Waals surface area contributed by atoms with Crippen LogP contribution < -0.4 is 0 Å². The zero-order chi connectivity index (χ0) is 37.4. The molecule has 0 spiro atoms. The van der Waals surface area contributed by atoms with Crippen molar-refractivity contribution >= 4 is 47.2 Å². The van der Waals surface area contributed by atoms with E-state index in [1.165, 1.54) is 77.0 Å². The van der Waals surface area contributed by atoms with E-state index in [4.69, 9.17) is 9.47 Å². The van der Waals surface area contributed by atoms with Crippen LogP contribution in [0, 0.1) is 38.0 Å². The number of likely N-dealkylation sites (tertiary alicyclic amines) is 2. The monoisotopic (exact) mass is 739 g/mol. The lowest BCUT2D eigenvalue weighted by atomic mass is 9.79. The molecule has 1 unspecified atom stereocenters. The van der Waals surface area contributed by atoms with Crippen molar-refractivity contribution in [3.05, 3.63) is 90.5 Å². The number of nitro groups is 2. The van der Waals surface area contributed by atoms with Gasteiger partial charge in [-0.25, -0.2) is 14.4 Å². The summed E-state index contributed by atoms with van der Waals surface area (Å²) < 4.78 is 11.1. The summed E-state index contributed by atoms with van der Waals surface area (Å²) in [7, 11) is 0. The highest BCUT2D eigenvalue weighted by Crippen LogP contribution is 2.52. The number of benzene rings is 2. The van der Waals surface area contributed by atoms with Crippen LogP contribution in [0.5, 0.6) is 0 Å². The number of aliphatic hydroxyl groups excluding tert-OH is 1. The number of amides is 3. The predicted molar refractivity (Wildman–Crippen MR) is 182 cm³/mol. The van der Waals surface area contributed by atoms with Crippen LogP contribution in [-0.4, -0.2) is 102 Å². The first-order valence-corrected chi connectivity index (χ1v) is 17.6. The van der Waals surface area contributed by atoms with Crippen LogP contribution in [0.1, 0.15) is 37.8 Å². The van der Waals surface area contributed by atoms with E-state index in [-0.39, 0.29) is 60.5 Å². The molecule has 0 radical (unpaired) electrons. The number of thioether (sulfide) groups is 1. The van der Waals surface area contributed by atoms with Gasteiger partial charge in [-0.1, -0.05) is 6.92 Å². The maximum Gasteiger partial charge on any atom is 0.410 e. The number of nitrogens with zero attached hydrogens (tertiary/aromatic N) is 5. The molecule has 2 aromatic rings. The number of carboxylic acids is 1. The van der Waals surface area contributed by atoms with E-state index in [1.54, 1.807) is 4.90 Å². The van der Waals surface area contributed by atoms with Crippen LogP contribution in [0.25, 0.3) is 0 Å². The third-order valence-electron chi connectivity index (χ3n) is 10.2. The number of ether oxygens (including phenoxy) is 2. The van der Waals surface area contributed by atoms with Gasteiger partial charge in [-0.15, -0.1) is 11.8 Å². The van der Waals surface area contributed by atoms with E-state index >= 15 is 0 Å². The lowest BCUT2D eigenvalue weighted by Crippen LogP contribution is -2.63. The fraction of sp³-hybridized carbons (Fsp3) is 0.471. The van der Waals surface area contributed by atoms with Crippen LogP contribution >= 0.6 is 11.8 Å². The summed E-state index contributed by atoms with van der Waals surface area (Å²) in [5.74, 6) is -2.94. The Kier molecular flexibility index (Phi) is 10.4. The van der Waals surface area contributed by atoms with Crippen molar-refractivity contribution < 1.29 is 48.7 Å². The summed E-state index contributed by atoms with van der Waals surface area (Å²) >= 11 is 1.30. The zero-order valence-electron chi connectivity index (χ0n) is 28.2. The summed E-state index contributed by atoms with van der Waals surface area (Å²) in [6.45, 7) is 3.93. The Morgan fingerprint density at radius 1 is 0.942 bits per heavy atom. The number of hydrogen-bond donors (Lipinski definition) is 2. The number of carbonyl (C=O) groups excluding carboxylic acids is 3. The maximum atomic E-state index is 13.6. The lowest BCUT2D eigenvalue weighted by Gasteiger charge is -2.46. The predicted octanol–water partition coefficient (Wildman–Crippen LogP) is 4.13. The summed E-state index contributed by atoms with van der Waals surface area (Å²) in [6, 6.07) is 10.4. The normalized spacial score (nSPS) is 25.8. The Labute approximate surface area is 301 Å². The minimum absolute atomic E-state index is 0.0820. The molecule has 3 fully saturated rings. The number of nitro benzene ring substituents is 2. The second-order valence-corrected chi connectivity index (χ2v) is 14.8. The van der Waals surface area contributed by atoms with Gasteiger partial charge in [0, 0.05) is 66.0 Å². The first kappa shape index (κ1) is 36.6. The summed E-state index contributed by atoms with van der Waals surface area (Å²) in [5.41, 5.74) is 0.828. The van der Waals surface area contributed by atoms with E-state index in [0.29, 0.717) is 35.4 Å². The molecule has 17 nitrogen and oxygen atoms in total. The van der Waals surface area contributed by atoms with Gasteiger partial charge in [-0.05, 0) is 61.1 Å². The third kappa shape index (κ3) is 7.12. The fourth-order valence-electron chi connectivity index (χ4n) is 7.59. The smallest absolute Gasteiger partial charge is 0.410 e. The van der Waals surface area contributed by atoms with Crippen molar-refractivity contribution in [2.75, 3.05) is 19.6 Å². The highest BCUT2D eigenvalue weighted by atomic mass is 32.2. The van der Waals surface area contributed by atoms with Gasteiger partial charge in [-0.3, -0.25) is 25.0 Å². The van der Waals surface area contributed by atoms with E-state index < -0.39 is 58.0 Å². The van der Waals surface area contributed by atoms with Gasteiger partial charge in [0.15, 0.2) is 0 Å². The quantitative estimate of drug-likeness (QED) is 0.188. The van der Waals surface area contributed by atoms with Crippen molar-refractivity contribution in [3.8, 4) is 0 Å². The highest BCUT2D eigenvalue weighted by molar-refractivity contribution is 8.03. The second-order valence-electron chi connectivity index (χ2n) is 13.4. The molecule has 0 saturated carbocycles. The molecule has 7 atom stereocenters. The molecule has 3 amide bonds. The van der Waals surface area contributed by atoms with Crippen LogP contribution in [0.4, 0.5) is 21.0 Å². The number of aliphatic hydroxyl groups is 1. The second kappa shape index (κ2) is 14.8. The van der Waals surface area contributed by atoms with E-state index in [9.17, 15) is 49.6 Å². The third-order valence-corrected chi connectivity index (χ3v) is 11.7. The van der Waals surface area contributed by atoms with Gasteiger partial charge >= 0.3 is 18.2 Å². The SMILES string of the molecule is C[C@@H](O)[C@H]1C(=O)N2C(C(=O)O)=C(S[C@H]3C[C@@H](C4CCN(C(=O)OCc5ccc([N+](=O)[O-])cc5)C4)N(C(=O)OCc4ccc([N+](=O)[O-])cc4)C3)[C@H](C)[C@H]12. The largest absolute Gasteiger partial charge is 0.477 e. The molecule has 0 aromatic heterocycles. The lowest BCUT2D eigenvalue weighted by molar-refractivity contribution is -0.385. The first-order valence-electron chi connectivity index (χ1n) is 16.7. The molecule has 52 heavy (non-hydrogen) atoms. The number of rotatable bonds is 11. The van der Waals surface area contributed by atoms with E-state index in [0.717, 1.165) is 0 Å². The minimum atomic E-state index is -1.25. The van der Waals surface area contributed by atoms with Crippen LogP contribution in [0.2, 0.25) is 0 Å². The Morgan fingerprint density at radius 2 is 1.50 bits per heavy atom. The van der Waals surface area contributed by atoms with E-state index in [1.807, 2.05) is 6.92 Å². The van der Waals surface area contributed by atoms with Crippen LogP contribution in [-0.2, 0) is 32.3 Å². The maximum absolute atomic E-state index is 13.6. The number of aliphatic carboxylic acids is 1. The van der Waals surface area contributed by atoms with E-state index in [2.05, 4.69) is 0 Å². The molecule has 3 saturated heterocycles. The Balaban J connectivity index is 1.16. The van der Waals surface area contributed by atoms with Gasteiger partial charge in [0.2, 0.25) is 5.91 Å². The molecule has 0 bridgehead atoms. The van der Waals surface area contributed by atoms with Crippen LogP contribution in [0.3, 0.4) is 0 Å². The Morgan fingerprint density at radius 3 is 2.02 bits per heavy atom. The molecule has 4 aliphatic rings. The van der Waals surface area contributed by atoms with Crippen molar-refractivity contribution in [2.24, 2.45) is 17.8 Å². The van der Waals surface area contributed by atoms with Crippen molar-refractivity contribution in [1.82, 2.24) is 14.7 Å². The first-order chi connectivity index (χ1) is 24.7. The van der Waals surface area contributed by atoms with Crippen molar-refractivity contribution in [1.29, 1.82) is 0 Å². The van der Waals surface area contributed by atoms with Crippen LogP contribution in [0.15, 0.2) is 59.1 Å². The van der Waals surface area contributed by atoms with Gasteiger partial charge in [0.25, 0.3) is 11.4 Å². The van der Waals surface area contributed by atoms with Gasteiger partial charge in [0.1, 0.15) is 18.9 Å². The van der Waals surface area contributed by atoms with Gasteiger partial charge in [0.05, 0.1) is 27.9 Å².